The summed E-state index contributed by atoms with van der Waals surface area (Å²) < 4.78 is 0.959. The Bertz CT molecular complexity index is 217. The molecule has 1 rings (SSSR count). The van der Waals surface area contributed by atoms with Crippen molar-refractivity contribution in [1.82, 2.24) is 0 Å². The van der Waals surface area contributed by atoms with E-state index in [-0.39, 0.29) is 0 Å². The zero-order valence-electron chi connectivity index (χ0n) is 7.70. The first kappa shape index (κ1) is 11.7. The summed E-state index contributed by atoms with van der Waals surface area (Å²) in [6, 6.07) is 10.0. The van der Waals surface area contributed by atoms with Crippen LogP contribution in [0.15, 0.2) is 30.3 Å². The van der Waals surface area contributed by atoms with E-state index in [1.165, 1.54) is 0 Å². The van der Waals surface area contributed by atoms with Crippen LogP contribution in [0.1, 0.15) is 19.4 Å². The molecule has 0 fully saturated rings. The number of rotatable bonds is 1. The fraction of sp³-hybridized carbons (Fsp3) is 0.300. The van der Waals surface area contributed by atoms with Gasteiger partial charge in [-0.15, -0.1) is 11.8 Å². The molecule has 0 amide bonds. The molecule has 0 radical (unpaired) electrons. The maximum atomic E-state index is 5.08. The lowest BCUT2D eigenvalue weighted by atomic mass is 10.2. The van der Waals surface area contributed by atoms with E-state index in [0.29, 0.717) is 0 Å². The van der Waals surface area contributed by atoms with Crippen molar-refractivity contribution in [2.24, 2.45) is 0 Å². The van der Waals surface area contributed by atoms with Gasteiger partial charge >= 0.3 is 0 Å². The number of hydrogen-bond donors (Lipinski definition) is 0. The molecule has 2 heteroatoms. The molecular weight excluding hydrogens is 184 g/mol. The van der Waals surface area contributed by atoms with Gasteiger partial charge in [0.1, 0.15) is 0 Å². The highest BCUT2D eigenvalue weighted by Crippen LogP contribution is 2.09. The van der Waals surface area contributed by atoms with Crippen LogP contribution in [0.3, 0.4) is 0 Å². The third kappa shape index (κ3) is 3.88. The Morgan fingerprint density at radius 3 is 2.08 bits per heavy atom. The summed E-state index contributed by atoms with van der Waals surface area (Å²) in [5, 5.41) is 0. The molecule has 1 aromatic rings. The monoisotopic (exact) mass is 198 g/mol. The maximum absolute atomic E-state index is 5.08. The minimum Gasteiger partial charge on any atom is -0.117 e. The van der Waals surface area contributed by atoms with Gasteiger partial charge < -0.3 is 0 Å². The fourth-order valence-corrected chi connectivity index (χ4v) is 1.20. The smallest absolute Gasteiger partial charge is 0.0775 e. The molecule has 0 bridgehead atoms. The van der Waals surface area contributed by atoms with Gasteiger partial charge in [-0.25, -0.2) is 0 Å². The highest BCUT2D eigenvalue weighted by Gasteiger charge is 1.94. The zero-order valence-corrected chi connectivity index (χ0v) is 9.34. The van der Waals surface area contributed by atoms with E-state index >= 15 is 0 Å². The van der Waals surface area contributed by atoms with Crippen LogP contribution in [0, 0.1) is 0 Å². The van der Waals surface area contributed by atoms with Crippen molar-refractivity contribution in [2.75, 3.05) is 6.26 Å². The van der Waals surface area contributed by atoms with Gasteiger partial charge in [0.2, 0.25) is 0 Å². The summed E-state index contributed by atoms with van der Waals surface area (Å²) >= 11 is 6.69. The fourth-order valence-electron chi connectivity index (χ4n) is 0.692. The molecule has 0 spiro atoms. The lowest BCUT2D eigenvalue weighted by Gasteiger charge is -1.96. The molecule has 12 heavy (non-hydrogen) atoms. The number of thiocarbonyl (C=S) groups is 1. The van der Waals surface area contributed by atoms with Crippen molar-refractivity contribution in [3.05, 3.63) is 35.9 Å². The summed E-state index contributed by atoms with van der Waals surface area (Å²) in [6.45, 7) is 4.00. The van der Waals surface area contributed by atoms with E-state index in [1.54, 1.807) is 11.8 Å². The van der Waals surface area contributed by atoms with Crippen molar-refractivity contribution >= 4 is 28.2 Å². The normalized spacial score (nSPS) is 8.25. The molecule has 0 N–H and O–H groups in total. The van der Waals surface area contributed by atoms with Gasteiger partial charge in [0, 0.05) is 0 Å². The number of thioether (sulfide) groups is 1. The SMILES string of the molecule is CC.CSC(=S)c1ccccc1. The predicted molar refractivity (Wildman–Crippen MR) is 63.0 cm³/mol. The second kappa shape index (κ2) is 7.32. The topological polar surface area (TPSA) is 0 Å². The van der Waals surface area contributed by atoms with Crippen LogP contribution in [0.2, 0.25) is 0 Å². The highest BCUT2D eigenvalue weighted by atomic mass is 32.2. The van der Waals surface area contributed by atoms with E-state index in [1.807, 2.05) is 50.4 Å². The van der Waals surface area contributed by atoms with Crippen LogP contribution in [0.4, 0.5) is 0 Å². The molecule has 0 heterocycles. The van der Waals surface area contributed by atoms with E-state index in [2.05, 4.69) is 0 Å². The molecule has 1 aromatic carbocycles. The molecule has 0 aliphatic carbocycles. The average Bonchev–Trinajstić information content (AvgIpc) is 2.21. The lowest BCUT2D eigenvalue weighted by molar-refractivity contribution is 1.50. The van der Waals surface area contributed by atoms with Crippen molar-refractivity contribution in [1.29, 1.82) is 0 Å². The van der Waals surface area contributed by atoms with Gasteiger partial charge in [-0.1, -0.05) is 56.4 Å². The summed E-state index contributed by atoms with van der Waals surface area (Å²) in [4.78, 5) is 0. The van der Waals surface area contributed by atoms with Crippen LogP contribution in [0.5, 0.6) is 0 Å². The molecule has 0 aliphatic rings. The van der Waals surface area contributed by atoms with Crippen molar-refractivity contribution in [3.63, 3.8) is 0 Å². The van der Waals surface area contributed by atoms with Crippen molar-refractivity contribution < 1.29 is 0 Å². The second-order valence-electron chi connectivity index (χ2n) is 1.86. The molecule has 0 unspecified atom stereocenters. The average molecular weight is 198 g/mol. The first-order chi connectivity index (χ1) is 5.84. The van der Waals surface area contributed by atoms with Gasteiger partial charge in [-0.3, -0.25) is 0 Å². The first-order valence-corrected chi connectivity index (χ1v) is 5.61. The zero-order chi connectivity index (χ0) is 9.40. The van der Waals surface area contributed by atoms with Crippen molar-refractivity contribution in [3.8, 4) is 0 Å². The largest absolute Gasteiger partial charge is 0.117 e. The van der Waals surface area contributed by atoms with Gasteiger partial charge in [-0.05, 0) is 11.8 Å². The minimum absolute atomic E-state index is 0.959. The Kier molecular flexibility index (Phi) is 7.11. The van der Waals surface area contributed by atoms with Crippen LogP contribution in [0.25, 0.3) is 0 Å². The standard InChI is InChI=1S/C8H8S2.C2H6/c1-10-8(9)7-5-3-2-4-6-7;1-2/h2-6H,1H3;1-2H3. The van der Waals surface area contributed by atoms with Gasteiger partial charge in [-0.2, -0.15) is 0 Å². The molecular formula is C10H14S2. The molecule has 0 aliphatic heterocycles. The first-order valence-electron chi connectivity index (χ1n) is 3.98. The molecule has 0 nitrogen and oxygen atoms in total. The summed E-state index contributed by atoms with van der Waals surface area (Å²) in [6.07, 6.45) is 2.00. The Morgan fingerprint density at radius 1 is 1.17 bits per heavy atom. The second-order valence-corrected chi connectivity index (χ2v) is 3.34. The van der Waals surface area contributed by atoms with Crippen LogP contribution < -0.4 is 0 Å². The van der Waals surface area contributed by atoms with E-state index in [4.69, 9.17) is 12.2 Å². The Hall–Kier alpha value is -0.340. The van der Waals surface area contributed by atoms with Crippen molar-refractivity contribution in [2.45, 2.75) is 13.8 Å². The molecule has 0 aromatic heterocycles. The van der Waals surface area contributed by atoms with Gasteiger partial charge in [0.15, 0.2) is 0 Å². The molecule has 0 atom stereocenters. The Balaban J connectivity index is 0.000000561. The summed E-state index contributed by atoms with van der Waals surface area (Å²) in [5.74, 6) is 0. The highest BCUT2D eigenvalue weighted by molar-refractivity contribution is 8.23. The van der Waals surface area contributed by atoms with Gasteiger partial charge in [0.05, 0.1) is 4.20 Å². The van der Waals surface area contributed by atoms with E-state index in [9.17, 15) is 0 Å². The maximum Gasteiger partial charge on any atom is 0.0775 e. The molecule has 66 valence electrons. The predicted octanol–water partition coefficient (Wildman–Crippen LogP) is 3.75. The third-order valence-corrected chi connectivity index (χ3v) is 2.54. The third-order valence-electron chi connectivity index (χ3n) is 1.19. The summed E-state index contributed by atoms with van der Waals surface area (Å²) in [7, 11) is 0. The molecule has 0 saturated carbocycles. The molecule has 0 saturated heterocycles. The van der Waals surface area contributed by atoms with Crippen LogP contribution >= 0.6 is 24.0 Å². The minimum atomic E-state index is 0.959. The summed E-state index contributed by atoms with van der Waals surface area (Å²) in [5.41, 5.74) is 1.14. The van der Waals surface area contributed by atoms with E-state index < -0.39 is 0 Å². The van der Waals surface area contributed by atoms with Crippen LogP contribution in [-0.2, 0) is 0 Å². The van der Waals surface area contributed by atoms with E-state index in [0.717, 1.165) is 9.76 Å². The van der Waals surface area contributed by atoms with Crippen LogP contribution in [-0.4, -0.2) is 10.5 Å². The number of benzene rings is 1. The Labute approximate surface area is 84.4 Å². The lowest BCUT2D eigenvalue weighted by Crippen LogP contribution is -1.87. The number of hydrogen-bond acceptors (Lipinski definition) is 2. The Morgan fingerprint density at radius 2 is 1.67 bits per heavy atom. The van der Waals surface area contributed by atoms with Gasteiger partial charge in [0.25, 0.3) is 0 Å². The quantitative estimate of drug-likeness (QED) is 0.630.